The van der Waals surface area contributed by atoms with Gasteiger partial charge in [-0.3, -0.25) is 0 Å². The highest BCUT2D eigenvalue weighted by atomic mass is 16.7. The zero-order chi connectivity index (χ0) is 24.4. The molecule has 3 aliphatic heterocycles. The van der Waals surface area contributed by atoms with Crippen molar-refractivity contribution in [2.24, 2.45) is 0 Å². The van der Waals surface area contributed by atoms with Crippen LogP contribution in [0.1, 0.15) is 11.5 Å². The third kappa shape index (κ3) is 5.15. The number of rotatable bonds is 9. The molecule has 7 N–H and O–H groups in total. The molecule has 3 aliphatic rings. The SMILES string of the molecule is OCC(COC1OC(COC2OC(CO)C(O)C2O)C(O)C(O)C1O)c1ccc2c(c1)OCO2. The second kappa shape index (κ2) is 11.0. The highest BCUT2D eigenvalue weighted by Gasteiger charge is 2.47. The second-order valence-corrected chi connectivity index (χ2v) is 8.38. The van der Waals surface area contributed by atoms with Gasteiger partial charge < -0.3 is 64.2 Å². The Hall–Kier alpha value is -1.62. The van der Waals surface area contributed by atoms with Crippen LogP contribution in [0.15, 0.2) is 18.2 Å². The lowest BCUT2D eigenvalue weighted by Gasteiger charge is -2.40. The van der Waals surface area contributed by atoms with Crippen molar-refractivity contribution in [2.75, 3.05) is 33.2 Å². The van der Waals surface area contributed by atoms with Gasteiger partial charge in [0.25, 0.3) is 0 Å². The van der Waals surface area contributed by atoms with Gasteiger partial charge in [-0.15, -0.1) is 0 Å². The third-order valence-electron chi connectivity index (χ3n) is 6.14. The van der Waals surface area contributed by atoms with Gasteiger partial charge in [0.05, 0.1) is 26.4 Å². The molecule has 0 radical (unpaired) electrons. The van der Waals surface area contributed by atoms with E-state index in [1.54, 1.807) is 18.2 Å². The van der Waals surface area contributed by atoms with Crippen molar-refractivity contribution in [1.82, 2.24) is 0 Å². The Kier molecular flexibility index (Phi) is 8.22. The fraction of sp³-hybridized carbons (Fsp3) is 0.714. The molecule has 2 fully saturated rings. The van der Waals surface area contributed by atoms with Crippen LogP contribution < -0.4 is 9.47 Å². The Bertz CT molecular complexity index is 809. The van der Waals surface area contributed by atoms with Crippen molar-refractivity contribution >= 4 is 0 Å². The minimum absolute atomic E-state index is 0.0942. The van der Waals surface area contributed by atoms with Crippen molar-refractivity contribution in [1.29, 1.82) is 0 Å². The Morgan fingerprint density at radius 2 is 1.44 bits per heavy atom. The summed E-state index contributed by atoms with van der Waals surface area (Å²) in [5.41, 5.74) is 0.696. The summed E-state index contributed by atoms with van der Waals surface area (Å²) in [5, 5.41) is 69.6. The Labute approximate surface area is 194 Å². The molecule has 13 nitrogen and oxygen atoms in total. The topological polar surface area (TPSA) is 197 Å². The van der Waals surface area contributed by atoms with Crippen LogP contribution >= 0.6 is 0 Å². The van der Waals surface area contributed by atoms with Gasteiger partial charge >= 0.3 is 0 Å². The monoisotopic (exact) mass is 490 g/mol. The number of aliphatic hydroxyl groups excluding tert-OH is 7. The summed E-state index contributed by atoms with van der Waals surface area (Å²) in [4.78, 5) is 0. The first-order chi connectivity index (χ1) is 16.3. The zero-order valence-corrected chi connectivity index (χ0v) is 18.1. The molecule has 0 spiro atoms. The maximum atomic E-state index is 10.3. The van der Waals surface area contributed by atoms with E-state index in [0.29, 0.717) is 17.1 Å². The normalized spacial score (nSPS) is 38.3. The van der Waals surface area contributed by atoms with E-state index in [2.05, 4.69) is 0 Å². The smallest absolute Gasteiger partial charge is 0.231 e. The quantitative estimate of drug-likeness (QED) is 0.183. The van der Waals surface area contributed by atoms with Gasteiger partial charge in [0.1, 0.15) is 42.7 Å². The summed E-state index contributed by atoms with van der Waals surface area (Å²) in [5.74, 6) is 0.606. The van der Waals surface area contributed by atoms with Crippen molar-refractivity contribution < 1.29 is 64.2 Å². The molecule has 4 rings (SSSR count). The van der Waals surface area contributed by atoms with Gasteiger partial charge in [-0.2, -0.15) is 0 Å². The summed E-state index contributed by atoms with van der Waals surface area (Å²) in [6, 6.07) is 5.16. The zero-order valence-electron chi connectivity index (χ0n) is 18.1. The average molecular weight is 490 g/mol. The average Bonchev–Trinajstić information content (AvgIpc) is 3.42. The van der Waals surface area contributed by atoms with Crippen LogP contribution in [0.2, 0.25) is 0 Å². The molecule has 1 aromatic rings. The Morgan fingerprint density at radius 3 is 2.15 bits per heavy atom. The number of benzene rings is 1. The summed E-state index contributed by atoms with van der Waals surface area (Å²) in [6.45, 7) is -1.19. The van der Waals surface area contributed by atoms with Crippen LogP contribution in [0.4, 0.5) is 0 Å². The van der Waals surface area contributed by atoms with Gasteiger partial charge in [0, 0.05) is 5.92 Å². The fourth-order valence-corrected chi connectivity index (χ4v) is 4.02. The van der Waals surface area contributed by atoms with Gasteiger partial charge in [0.2, 0.25) is 6.79 Å². The van der Waals surface area contributed by atoms with Crippen molar-refractivity contribution in [3.05, 3.63) is 23.8 Å². The van der Waals surface area contributed by atoms with E-state index in [-0.39, 0.29) is 26.6 Å². The minimum Gasteiger partial charge on any atom is -0.454 e. The van der Waals surface area contributed by atoms with Crippen LogP contribution in [-0.2, 0) is 18.9 Å². The molecule has 0 saturated carbocycles. The molecule has 0 amide bonds. The number of aliphatic hydroxyl groups is 7. The predicted octanol–water partition coefficient (Wildman–Crippen LogP) is -3.23. The number of ether oxygens (including phenoxy) is 6. The van der Waals surface area contributed by atoms with Crippen LogP contribution in [0, 0.1) is 0 Å². The third-order valence-corrected chi connectivity index (χ3v) is 6.14. The van der Waals surface area contributed by atoms with Gasteiger partial charge in [-0.1, -0.05) is 6.07 Å². The predicted molar refractivity (Wildman–Crippen MR) is 109 cm³/mol. The van der Waals surface area contributed by atoms with Gasteiger partial charge in [-0.05, 0) is 17.7 Å². The van der Waals surface area contributed by atoms with E-state index in [0.717, 1.165) is 0 Å². The van der Waals surface area contributed by atoms with E-state index < -0.39 is 67.8 Å². The molecule has 10 atom stereocenters. The summed E-state index contributed by atoms with van der Waals surface area (Å²) < 4.78 is 32.4. The van der Waals surface area contributed by atoms with Crippen LogP contribution in [-0.4, -0.2) is 124 Å². The number of hydrogen-bond acceptors (Lipinski definition) is 13. The first-order valence-corrected chi connectivity index (χ1v) is 10.9. The molecule has 13 heteroatoms. The molecular formula is C21H30O13. The lowest BCUT2D eigenvalue weighted by Crippen LogP contribution is -2.59. The van der Waals surface area contributed by atoms with Crippen molar-refractivity contribution in [3.63, 3.8) is 0 Å². The number of hydrogen-bond donors (Lipinski definition) is 7. The largest absolute Gasteiger partial charge is 0.454 e. The van der Waals surface area contributed by atoms with Crippen LogP contribution in [0.3, 0.4) is 0 Å². The number of fused-ring (bicyclic) bond motifs is 1. The Morgan fingerprint density at radius 1 is 0.794 bits per heavy atom. The first kappa shape index (κ1) is 25.5. The van der Waals surface area contributed by atoms with Gasteiger partial charge in [-0.25, -0.2) is 0 Å². The molecule has 2 saturated heterocycles. The van der Waals surface area contributed by atoms with E-state index >= 15 is 0 Å². The maximum absolute atomic E-state index is 10.3. The molecule has 0 bridgehead atoms. The maximum Gasteiger partial charge on any atom is 0.231 e. The molecule has 1 aromatic carbocycles. The summed E-state index contributed by atoms with van der Waals surface area (Å²) >= 11 is 0. The van der Waals surface area contributed by atoms with Crippen molar-refractivity contribution in [3.8, 4) is 11.5 Å². The van der Waals surface area contributed by atoms with E-state index in [4.69, 9.17) is 33.5 Å². The standard InChI is InChI=1S/C21H30O13/c22-4-10(9-1-2-11-12(3-9)32-8-31-11)6-29-21-19(28)17(26)16(25)14(34-21)7-30-20-18(27)15(24)13(5-23)33-20/h1-3,10,13-28H,4-8H2. The summed E-state index contributed by atoms with van der Waals surface area (Å²) in [6.07, 6.45) is -12.4. The van der Waals surface area contributed by atoms with E-state index in [1.807, 2.05) is 0 Å². The molecular weight excluding hydrogens is 460 g/mol. The van der Waals surface area contributed by atoms with Crippen LogP contribution in [0.25, 0.3) is 0 Å². The van der Waals surface area contributed by atoms with Crippen molar-refractivity contribution in [2.45, 2.75) is 61.2 Å². The molecule has 0 aliphatic carbocycles. The summed E-state index contributed by atoms with van der Waals surface area (Å²) in [7, 11) is 0. The molecule has 0 aromatic heterocycles. The van der Waals surface area contributed by atoms with Crippen LogP contribution in [0.5, 0.6) is 11.5 Å². The highest BCUT2D eigenvalue weighted by Crippen LogP contribution is 2.35. The first-order valence-electron chi connectivity index (χ1n) is 10.9. The molecule has 34 heavy (non-hydrogen) atoms. The molecule has 192 valence electrons. The van der Waals surface area contributed by atoms with Gasteiger partial charge in [0.15, 0.2) is 24.1 Å². The molecule has 10 unspecified atom stereocenters. The lowest BCUT2D eigenvalue weighted by atomic mass is 9.98. The second-order valence-electron chi connectivity index (χ2n) is 8.38. The fourth-order valence-electron chi connectivity index (χ4n) is 4.02. The van der Waals surface area contributed by atoms with E-state index in [1.165, 1.54) is 0 Å². The lowest BCUT2D eigenvalue weighted by molar-refractivity contribution is -0.311. The highest BCUT2D eigenvalue weighted by molar-refractivity contribution is 5.45. The molecule has 3 heterocycles. The van der Waals surface area contributed by atoms with E-state index in [9.17, 15) is 30.6 Å². The Balaban J connectivity index is 1.35. The minimum atomic E-state index is -1.63.